The van der Waals surface area contributed by atoms with Gasteiger partial charge in [-0.25, -0.2) is 4.39 Å². The van der Waals surface area contributed by atoms with E-state index in [1.165, 1.54) is 23.0 Å². The van der Waals surface area contributed by atoms with Crippen LogP contribution in [-0.2, 0) is 6.54 Å². The molecule has 0 saturated carbocycles. The van der Waals surface area contributed by atoms with Crippen LogP contribution in [0.15, 0.2) is 30.5 Å². The lowest BCUT2D eigenvalue weighted by Crippen LogP contribution is -2.03. The molecule has 2 aromatic rings. The van der Waals surface area contributed by atoms with Gasteiger partial charge in [0.1, 0.15) is 5.82 Å². The van der Waals surface area contributed by atoms with Crippen LogP contribution in [-0.4, -0.2) is 14.7 Å². The van der Waals surface area contributed by atoms with Gasteiger partial charge >= 0.3 is 5.82 Å². The molecule has 0 bridgehead atoms. The molecular weight excluding hydrogens is 249 g/mol. The first kappa shape index (κ1) is 11.5. The van der Waals surface area contributed by atoms with Gasteiger partial charge in [0.2, 0.25) is 0 Å². The summed E-state index contributed by atoms with van der Waals surface area (Å²) >= 11 is 5.62. The molecule has 1 heterocycles. The Morgan fingerprint density at radius 2 is 2.24 bits per heavy atom. The molecule has 0 atom stereocenters. The number of rotatable bonds is 3. The maximum absolute atomic E-state index is 13.5. The Balaban J connectivity index is 2.25. The molecule has 88 valence electrons. The SMILES string of the molecule is O=[N+]([O-])c1ccn(Cc2cccc(Cl)c2F)n1. The minimum Gasteiger partial charge on any atom is -0.358 e. The summed E-state index contributed by atoms with van der Waals surface area (Å²) in [5.41, 5.74) is 0.329. The summed E-state index contributed by atoms with van der Waals surface area (Å²) in [6.07, 6.45) is 1.42. The zero-order valence-electron chi connectivity index (χ0n) is 8.51. The third-order valence-electron chi connectivity index (χ3n) is 2.18. The smallest absolute Gasteiger partial charge is 0.358 e. The van der Waals surface area contributed by atoms with Gasteiger partial charge in [-0.15, -0.1) is 0 Å². The molecule has 5 nitrogen and oxygen atoms in total. The first-order valence-electron chi connectivity index (χ1n) is 4.68. The van der Waals surface area contributed by atoms with Crippen molar-refractivity contribution in [1.82, 2.24) is 9.78 Å². The highest BCUT2D eigenvalue weighted by molar-refractivity contribution is 6.30. The molecule has 0 fully saturated rings. The summed E-state index contributed by atoms with van der Waals surface area (Å²) in [6.45, 7) is 0.0975. The normalized spacial score (nSPS) is 10.5. The van der Waals surface area contributed by atoms with Crippen molar-refractivity contribution < 1.29 is 9.31 Å². The average molecular weight is 256 g/mol. The van der Waals surface area contributed by atoms with Gasteiger partial charge in [0.05, 0.1) is 28.9 Å². The lowest BCUT2D eigenvalue weighted by atomic mass is 10.2. The van der Waals surface area contributed by atoms with E-state index in [0.29, 0.717) is 5.56 Å². The van der Waals surface area contributed by atoms with E-state index in [1.807, 2.05) is 0 Å². The number of benzene rings is 1. The molecule has 1 aromatic carbocycles. The monoisotopic (exact) mass is 255 g/mol. The molecule has 0 saturated heterocycles. The maximum atomic E-state index is 13.5. The van der Waals surface area contributed by atoms with Crippen LogP contribution in [0.25, 0.3) is 0 Å². The van der Waals surface area contributed by atoms with Crippen LogP contribution in [0.4, 0.5) is 10.2 Å². The molecule has 0 radical (unpaired) electrons. The second-order valence-electron chi connectivity index (χ2n) is 3.34. The minimum atomic E-state index is -0.606. The van der Waals surface area contributed by atoms with Crippen LogP contribution < -0.4 is 0 Å². The zero-order chi connectivity index (χ0) is 12.4. The Bertz CT molecular complexity index is 570. The van der Waals surface area contributed by atoms with Crippen molar-refractivity contribution in [2.75, 3.05) is 0 Å². The minimum absolute atomic E-state index is 0.0177. The van der Waals surface area contributed by atoms with Crippen LogP contribution in [0.2, 0.25) is 5.02 Å². The Hall–Kier alpha value is -1.95. The fourth-order valence-electron chi connectivity index (χ4n) is 1.38. The molecule has 0 aliphatic carbocycles. The molecule has 0 aliphatic rings. The number of nitro groups is 1. The first-order valence-corrected chi connectivity index (χ1v) is 5.06. The second kappa shape index (κ2) is 4.50. The first-order chi connectivity index (χ1) is 8.08. The molecule has 0 spiro atoms. The standard InChI is InChI=1S/C10H7ClFN3O2/c11-8-3-1-2-7(10(8)12)6-14-5-4-9(13-14)15(16)17/h1-5H,6H2. The van der Waals surface area contributed by atoms with Crippen LogP contribution in [0.5, 0.6) is 0 Å². The molecular formula is C10H7ClFN3O2. The molecule has 0 unspecified atom stereocenters. The van der Waals surface area contributed by atoms with Crippen molar-refractivity contribution >= 4 is 17.4 Å². The van der Waals surface area contributed by atoms with Crippen molar-refractivity contribution in [2.45, 2.75) is 6.54 Å². The van der Waals surface area contributed by atoms with Crippen LogP contribution >= 0.6 is 11.6 Å². The van der Waals surface area contributed by atoms with Gasteiger partial charge in [-0.05, 0) is 11.0 Å². The quantitative estimate of drug-likeness (QED) is 0.626. The molecule has 0 aliphatic heterocycles. The van der Waals surface area contributed by atoms with Crippen molar-refractivity contribution in [3.8, 4) is 0 Å². The predicted octanol–water partition coefficient (Wildman–Crippen LogP) is 2.63. The highest BCUT2D eigenvalue weighted by atomic mass is 35.5. The summed E-state index contributed by atoms with van der Waals surface area (Å²) in [6, 6.07) is 5.85. The Labute approximate surface area is 101 Å². The highest BCUT2D eigenvalue weighted by Gasteiger charge is 2.13. The topological polar surface area (TPSA) is 61.0 Å². The second-order valence-corrected chi connectivity index (χ2v) is 3.75. The third-order valence-corrected chi connectivity index (χ3v) is 2.47. The van der Waals surface area contributed by atoms with E-state index in [1.54, 1.807) is 12.1 Å². The summed E-state index contributed by atoms with van der Waals surface area (Å²) in [7, 11) is 0. The zero-order valence-corrected chi connectivity index (χ0v) is 9.26. The van der Waals surface area contributed by atoms with Crippen LogP contribution in [0, 0.1) is 15.9 Å². The number of aromatic nitrogens is 2. The number of hydrogen-bond donors (Lipinski definition) is 0. The number of hydrogen-bond acceptors (Lipinski definition) is 3. The Morgan fingerprint density at radius 1 is 1.47 bits per heavy atom. The lowest BCUT2D eigenvalue weighted by Gasteiger charge is -2.01. The van der Waals surface area contributed by atoms with Crippen molar-refractivity contribution in [2.24, 2.45) is 0 Å². The molecule has 2 rings (SSSR count). The van der Waals surface area contributed by atoms with Crippen molar-refractivity contribution in [3.05, 3.63) is 57.0 Å². The largest absolute Gasteiger partial charge is 0.389 e. The highest BCUT2D eigenvalue weighted by Crippen LogP contribution is 2.19. The lowest BCUT2D eigenvalue weighted by molar-refractivity contribution is -0.389. The molecule has 0 amide bonds. The third kappa shape index (κ3) is 2.42. The molecule has 17 heavy (non-hydrogen) atoms. The molecule has 7 heteroatoms. The van der Waals surface area contributed by atoms with Crippen LogP contribution in [0.3, 0.4) is 0 Å². The fourth-order valence-corrected chi connectivity index (χ4v) is 1.58. The van der Waals surface area contributed by atoms with Gasteiger partial charge in [-0.3, -0.25) is 0 Å². The summed E-state index contributed by atoms with van der Waals surface area (Å²) in [5.74, 6) is -0.806. The Kier molecular flexibility index (Phi) is 3.06. The maximum Gasteiger partial charge on any atom is 0.389 e. The van der Waals surface area contributed by atoms with E-state index in [4.69, 9.17) is 11.6 Å². The van der Waals surface area contributed by atoms with Gasteiger partial charge in [0.15, 0.2) is 0 Å². The van der Waals surface area contributed by atoms with Crippen molar-refractivity contribution in [1.29, 1.82) is 0 Å². The predicted molar refractivity (Wildman–Crippen MR) is 59.4 cm³/mol. The summed E-state index contributed by atoms with van der Waals surface area (Å²) in [5, 5.41) is 14.1. The van der Waals surface area contributed by atoms with Gasteiger partial charge in [-0.2, -0.15) is 4.68 Å². The van der Waals surface area contributed by atoms with Gasteiger partial charge < -0.3 is 10.1 Å². The average Bonchev–Trinajstić information content (AvgIpc) is 2.73. The van der Waals surface area contributed by atoms with Crippen molar-refractivity contribution in [3.63, 3.8) is 0 Å². The summed E-state index contributed by atoms with van der Waals surface area (Å²) in [4.78, 5) is 9.82. The van der Waals surface area contributed by atoms with Gasteiger partial charge in [0, 0.05) is 5.56 Å². The number of nitrogens with zero attached hydrogens (tertiary/aromatic N) is 3. The van der Waals surface area contributed by atoms with E-state index < -0.39 is 10.7 Å². The number of halogens is 2. The molecule has 1 aromatic heterocycles. The summed E-state index contributed by atoms with van der Waals surface area (Å²) < 4.78 is 14.8. The van der Waals surface area contributed by atoms with E-state index in [0.717, 1.165) is 0 Å². The fraction of sp³-hybridized carbons (Fsp3) is 0.100. The van der Waals surface area contributed by atoms with Crippen LogP contribution in [0.1, 0.15) is 5.56 Å². The van der Waals surface area contributed by atoms with E-state index in [9.17, 15) is 14.5 Å². The Morgan fingerprint density at radius 3 is 2.88 bits per heavy atom. The molecule has 0 N–H and O–H groups in total. The van der Waals surface area contributed by atoms with E-state index in [2.05, 4.69) is 5.10 Å². The van der Waals surface area contributed by atoms with E-state index in [-0.39, 0.29) is 17.4 Å². The van der Waals surface area contributed by atoms with Gasteiger partial charge in [0.25, 0.3) is 0 Å². The van der Waals surface area contributed by atoms with Gasteiger partial charge in [-0.1, -0.05) is 23.7 Å². The van der Waals surface area contributed by atoms with E-state index >= 15 is 0 Å².